The Morgan fingerprint density at radius 1 is 1.13 bits per heavy atom. The lowest BCUT2D eigenvalue weighted by Gasteiger charge is -2.27. The zero-order valence-electron chi connectivity index (χ0n) is 14.4. The molecule has 0 bridgehead atoms. The molecular formula is C16H25N5O2. The Hall–Kier alpha value is -1.73. The number of oxazole rings is 1. The minimum Gasteiger partial charge on any atom is -0.422 e. The highest BCUT2D eigenvalue weighted by Crippen LogP contribution is 2.25. The van der Waals surface area contributed by atoms with E-state index in [4.69, 9.17) is 9.15 Å². The van der Waals surface area contributed by atoms with Crippen LogP contribution in [0.1, 0.15) is 24.6 Å². The first kappa shape index (κ1) is 16.1. The predicted octanol–water partition coefficient (Wildman–Crippen LogP) is 1.78. The molecule has 2 aromatic heterocycles. The van der Waals surface area contributed by atoms with Crippen LogP contribution in [0.2, 0.25) is 0 Å². The van der Waals surface area contributed by atoms with Gasteiger partial charge in [0, 0.05) is 33.2 Å². The number of anilines is 1. The molecule has 1 aliphatic heterocycles. The van der Waals surface area contributed by atoms with Crippen LogP contribution in [0.5, 0.6) is 0 Å². The lowest BCUT2D eigenvalue weighted by molar-refractivity contribution is 0.115. The summed E-state index contributed by atoms with van der Waals surface area (Å²) in [6.07, 6.45) is 2.49. The molecule has 2 aromatic rings. The third kappa shape index (κ3) is 3.79. The van der Waals surface area contributed by atoms with Crippen LogP contribution in [-0.4, -0.2) is 66.3 Å². The lowest BCUT2D eigenvalue weighted by Crippen LogP contribution is -2.38. The van der Waals surface area contributed by atoms with Crippen LogP contribution >= 0.6 is 0 Å². The molecule has 1 saturated heterocycles. The molecule has 0 aliphatic carbocycles. The fourth-order valence-electron chi connectivity index (χ4n) is 2.87. The van der Waals surface area contributed by atoms with Gasteiger partial charge in [-0.15, -0.1) is 0 Å². The van der Waals surface area contributed by atoms with Gasteiger partial charge in [-0.1, -0.05) is 0 Å². The van der Waals surface area contributed by atoms with Gasteiger partial charge >= 0.3 is 0 Å². The first-order valence-electron chi connectivity index (χ1n) is 8.16. The lowest BCUT2D eigenvalue weighted by atomic mass is 10.2. The van der Waals surface area contributed by atoms with Gasteiger partial charge in [0.05, 0.1) is 6.10 Å². The van der Waals surface area contributed by atoms with E-state index in [0.717, 1.165) is 50.4 Å². The monoisotopic (exact) mass is 319 g/mol. The number of hydrogen-bond acceptors (Lipinski definition) is 7. The molecular weight excluding hydrogens is 294 g/mol. The van der Waals surface area contributed by atoms with Crippen molar-refractivity contribution in [1.82, 2.24) is 19.9 Å². The number of ether oxygens (including phenoxy) is 1. The van der Waals surface area contributed by atoms with E-state index >= 15 is 0 Å². The SMILES string of the molecule is Cc1nc(N(CCN(C)C)C[C@H]2CCCO2)c2nc(C)oc2n1. The summed E-state index contributed by atoms with van der Waals surface area (Å²) < 4.78 is 11.4. The summed E-state index contributed by atoms with van der Waals surface area (Å²) in [5.41, 5.74) is 1.30. The van der Waals surface area contributed by atoms with E-state index < -0.39 is 0 Å². The molecule has 23 heavy (non-hydrogen) atoms. The van der Waals surface area contributed by atoms with Crippen LogP contribution in [0.3, 0.4) is 0 Å². The number of aryl methyl sites for hydroxylation is 2. The maximum Gasteiger partial charge on any atom is 0.252 e. The van der Waals surface area contributed by atoms with Gasteiger partial charge in [0.25, 0.3) is 5.71 Å². The second-order valence-electron chi connectivity index (χ2n) is 6.37. The van der Waals surface area contributed by atoms with E-state index in [-0.39, 0.29) is 6.10 Å². The van der Waals surface area contributed by atoms with E-state index in [1.54, 1.807) is 0 Å². The molecule has 3 rings (SSSR count). The third-order valence-electron chi connectivity index (χ3n) is 4.02. The van der Waals surface area contributed by atoms with Gasteiger partial charge in [0.1, 0.15) is 5.82 Å². The summed E-state index contributed by atoms with van der Waals surface area (Å²) in [7, 11) is 4.15. The second-order valence-corrected chi connectivity index (χ2v) is 6.37. The fourth-order valence-corrected chi connectivity index (χ4v) is 2.87. The van der Waals surface area contributed by atoms with Crippen molar-refractivity contribution in [3.63, 3.8) is 0 Å². The molecule has 3 heterocycles. The van der Waals surface area contributed by atoms with Crippen LogP contribution in [0, 0.1) is 13.8 Å². The number of rotatable bonds is 6. The summed E-state index contributed by atoms with van der Waals surface area (Å²) in [6.45, 7) is 7.21. The Morgan fingerprint density at radius 3 is 2.65 bits per heavy atom. The van der Waals surface area contributed by atoms with Gasteiger partial charge in [0.15, 0.2) is 17.2 Å². The number of nitrogens with zero attached hydrogens (tertiary/aromatic N) is 5. The minimum atomic E-state index is 0.260. The highest BCUT2D eigenvalue weighted by Gasteiger charge is 2.23. The Bertz CT molecular complexity index is 664. The van der Waals surface area contributed by atoms with E-state index in [1.165, 1.54) is 0 Å². The van der Waals surface area contributed by atoms with Crippen LogP contribution in [-0.2, 0) is 4.74 Å². The van der Waals surface area contributed by atoms with E-state index in [9.17, 15) is 0 Å². The number of hydrogen-bond donors (Lipinski definition) is 0. The maximum absolute atomic E-state index is 5.82. The number of fused-ring (bicyclic) bond motifs is 1. The Morgan fingerprint density at radius 2 is 1.96 bits per heavy atom. The number of likely N-dealkylation sites (N-methyl/N-ethyl adjacent to an activating group) is 1. The molecule has 1 fully saturated rings. The van der Waals surface area contributed by atoms with Gasteiger partial charge < -0.3 is 19.0 Å². The molecule has 7 heteroatoms. The molecule has 0 saturated carbocycles. The van der Waals surface area contributed by atoms with Gasteiger partial charge in [-0.05, 0) is 33.9 Å². The van der Waals surface area contributed by atoms with Crippen molar-refractivity contribution in [2.45, 2.75) is 32.8 Å². The van der Waals surface area contributed by atoms with Crippen LogP contribution in [0.15, 0.2) is 4.42 Å². The molecule has 0 radical (unpaired) electrons. The molecule has 0 amide bonds. The largest absolute Gasteiger partial charge is 0.422 e. The second kappa shape index (κ2) is 6.80. The third-order valence-corrected chi connectivity index (χ3v) is 4.02. The summed E-state index contributed by atoms with van der Waals surface area (Å²) in [5, 5.41) is 0. The van der Waals surface area contributed by atoms with Crippen molar-refractivity contribution in [2.24, 2.45) is 0 Å². The van der Waals surface area contributed by atoms with Gasteiger partial charge in [-0.25, -0.2) is 9.97 Å². The van der Waals surface area contributed by atoms with E-state index in [2.05, 4.69) is 38.8 Å². The predicted molar refractivity (Wildman–Crippen MR) is 88.8 cm³/mol. The first-order chi connectivity index (χ1) is 11.0. The van der Waals surface area contributed by atoms with Crippen molar-refractivity contribution in [2.75, 3.05) is 45.2 Å². The molecule has 0 aromatic carbocycles. The van der Waals surface area contributed by atoms with Gasteiger partial charge in [0.2, 0.25) is 0 Å². The molecule has 0 spiro atoms. The maximum atomic E-state index is 5.82. The van der Waals surface area contributed by atoms with Crippen molar-refractivity contribution in [3.8, 4) is 0 Å². The zero-order chi connectivity index (χ0) is 16.4. The standard InChI is InChI=1S/C16H25N5O2/c1-11-17-15(14-16(18-11)23-12(2)19-14)21(8-7-20(3)4)10-13-6-5-9-22-13/h13H,5-10H2,1-4H3/t13-/m1/s1. The van der Waals surface area contributed by atoms with Crippen molar-refractivity contribution in [3.05, 3.63) is 11.7 Å². The molecule has 1 atom stereocenters. The summed E-state index contributed by atoms with van der Waals surface area (Å²) in [5.74, 6) is 2.17. The van der Waals surface area contributed by atoms with Crippen molar-refractivity contribution >= 4 is 17.0 Å². The molecule has 0 N–H and O–H groups in total. The van der Waals surface area contributed by atoms with E-state index in [1.807, 2.05) is 13.8 Å². The topological polar surface area (TPSA) is 67.5 Å². The molecule has 1 aliphatic rings. The molecule has 126 valence electrons. The van der Waals surface area contributed by atoms with Crippen LogP contribution < -0.4 is 4.90 Å². The average molecular weight is 319 g/mol. The Balaban J connectivity index is 1.93. The molecule has 0 unspecified atom stereocenters. The Labute approximate surface area is 136 Å². The first-order valence-corrected chi connectivity index (χ1v) is 8.16. The van der Waals surface area contributed by atoms with Crippen LogP contribution in [0.25, 0.3) is 11.2 Å². The van der Waals surface area contributed by atoms with E-state index in [0.29, 0.717) is 17.4 Å². The summed E-state index contributed by atoms with van der Waals surface area (Å²) >= 11 is 0. The minimum absolute atomic E-state index is 0.260. The smallest absolute Gasteiger partial charge is 0.252 e. The average Bonchev–Trinajstić information content (AvgIpc) is 3.10. The van der Waals surface area contributed by atoms with Gasteiger partial charge in [-0.3, -0.25) is 0 Å². The number of aromatic nitrogens is 3. The fraction of sp³-hybridized carbons (Fsp3) is 0.688. The Kier molecular flexibility index (Phi) is 4.77. The molecule has 7 nitrogen and oxygen atoms in total. The van der Waals surface area contributed by atoms with Crippen LogP contribution in [0.4, 0.5) is 5.82 Å². The zero-order valence-corrected chi connectivity index (χ0v) is 14.4. The quantitative estimate of drug-likeness (QED) is 0.804. The van der Waals surface area contributed by atoms with Gasteiger partial charge in [-0.2, -0.15) is 4.98 Å². The highest BCUT2D eigenvalue weighted by atomic mass is 16.5. The normalized spacial score (nSPS) is 18.2. The summed E-state index contributed by atoms with van der Waals surface area (Å²) in [4.78, 5) is 17.9. The van der Waals surface area contributed by atoms with Crippen molar-refractivity contribution < 1.29 is 9.15 Å². The highest BCUT2D eigenvalue weighted by molar-refractivity contribution is 5.82. The van der Waals surface area contributed by atoms with Crippen molar-refractivity contribution in [1.29, 1.82) is 0 Å². The summed E-state index contributed by atoms with van der Waals surface area (Å²) in [6, 6.07) is 0.